The Morgan fingerprint density at radius 1 is 1.10 bits per heavy atom. The number of hydrogen-bond acceptors (Lipinski definition) is 5. The van der Waals surface area contributed by atoms with Crippen molar-refractivity contribution in [1.29, 1.82) is 0 Å². The van der Waals surface area contributed by atoms with E-state index in [1.807, 2.05) is 0 Å². The molecule has 0 atom stereocenters. The number of aromatic hydroxyl groups is 1. The van der Waals surface area contributed by atoms with Gasteiger partial charge in [0.05, 0.1) is 0 Å². The van der Waals surface area contributed by atoms with Gasteiger partial charge in [-0.1, -0.05) is 30.8 Å². The van der Waals surface area contributed by atoms with Crippen LogP contribution in [0.1, 0.15) is 44.3 Å². The Morgan fingerprint density at radius 2 is 1.76 bits per heavy atom. The van der Waals surface area contributed by atoms with Crippen molar-refractivity contribution >= 4 is 0 Å². The summed E-state index contributed by atoms with van der Waals surface area (Å²) < 4.78 is 11.2. The Balaban J connectivity index is 1.90. The number of ether oxygens (including phenoxy) is 1. The number of rotatable bonds is 3. The monoisotopic (exact) mass is 288 g/mol. The highest BCUT2D eigenvalue weighted by atomic mass is 16.5. The molecule has 0 radical (unpaired) electrons. The van der Waals surface area contributed by atoms with Crippen molar-refractivity contribution in [3.8, 4) is 17.2 Å². The highest BCUT2D eigenvalue weighted by Gasteiger charge is 2.37. The molecule has 0 spiro atoms. The van der Waals surface area contributed by atoms with E-state index in [1.54, 1.807) is 31.4 Å². The summed E-state index contributed by atoms with van der Waals surface area (Å²) in [6, 6.07) is 6.74. The zero-order valence-corrected chi connectivity index (χ0v) is 12.2. The van der Waals surface area contributed by atoms with Gasteiger partial charge in [0, 0.05) is 12.7 Å². The normalized spacial score (nSPS) is 18.3. The van der Waals surface area contributed by atoms with Gasteiger partial charge in [0.1, 0.15) is 11.4 Å². The van der Waals surface area contributed by atoms with Crippen molar-refractivity contribution < 1.29 is 14.4 Å². The van der Waals surface area contributed by atoms with E-state index < -0.39 is 5.60 Å². The first-order valence-electron chi connectivity index (χ1n) is 7.42. The number of aromatic nitrogens is 2. The van der Waals surface area contributed by atoms with Gasteiger partial charge < -0.3 is 14.4 Å². The maximum absolute atomic E-state index is 9.34. The molecule has 0 bridgehead atoms. The Hall–Kier alpha value is -1.88. The second kappa shape index (κ2) is 5.85. The van der Waals surface area contributed by atoms with Gasteiger partial charge in [-0.05, 0) is 37.1 Å². The molecule has 1 saturated carbocycles. The first-order chi connectivity index (χ1) is 10.2. The molecular formula is C16H20N2O3. The van der Waals surface area contributed by atoms with E-state index in [9.17, 15) is 5.11 Å². The second-order valence-electron chi connectivity index (χ2n) is 5.58. The van der Waals surface area contributed by atoms with Gasteiger partial charge in [0.15, 0.2) is 0 Å². The van der Waals surface area contributed by atoms with E-state index >= 15 is 0 Å². The number of nitrogens with zero attached hydrogens (tertiary/aromatic N) is 2. The standard InChI is InChI=1S/C16H20N2O3/c1-20-16(10-4-2-3-5-11-16)15-17-14(21-18-15)12-6-8-13(19)9-7-12/h6-9,19H,2-5,10-11H2,1H3. The summed E-state index contributed by atoms with van der Waals surface area (Å²) in [7, 11) is 1.72. The van der Waals surface area contributed by atoms with Crippen molar-refractivity contribution in [2.75, 3.05) is 7.11 Å². The summed E-state index contributed by atoms with van der Waals surface area (Å²) in [5.74, 6) is 1.32. The van der Waals surface area contributed by atoms with Crippen LogP contribution in [0.3, 0.4) is 0 Å². The fourth-order valence-electron chi connectivity index (χ4n) is 2.95. The summed E-state index contributed by atoms with van der Waals surface area (Å²) >= 11 is 0. The van der Waals surface area contributed by atoms with Gasteiger partial charge >= 0.3 is 0 Å². The number of phenolic OH excluding ortho intramolecular Hbond substituents is 1. The number of benzene rings is 1. The van der Waals surface area contributed by atoms with E-state index in [0.717, 1.165) is 31.2 Å². The van der Waals surface area contributed by atoms with Gasteiger partial charge in [0.25, 0.3) is 5.89 Å². The molecule has 1 heterocycles. The van der Waals surface area contributed by atoms with E-state index in [0.29, 0.717) is 11.7 Å². The SMILES string of the molecule is COC1(c2noc(-c3ccc(O)cc3)n2)CCCCCC1. The molecule has 1 aromatic heterocycles. The average molecular weight is 288 g/mol. The van der Waals surface area contributed by atoms with Crippen molar-refractivity contribution in [3.63, 3.8) is 0 Å². The van der Waals surface area contributed by atoms with Crippen molar-refractivity contribution in [3.05, 3.63) is 30.1 Å². The van der Waals surface area contributed by atoms with Gasteiger partial charge in [0.2, 0.25) is 5.82 Å². The van der Waals surface area contributed by atoms with E-state index in [2.05, 4.69) is 10.1 Å². The summed E-state index contributed by atoms with van der Waals surface area (Å²) in [6.07, 6.45) is 6.56. The zero-order chi connectivity index (χ0) is 14.7. The quantitative estimate of drug-likeness (QED) is 0.873. The third-order valence-corrected chi connectivity index (χ3v) is 4.25. The molecule has 1 aromatic carbocycles. The molecule has 0 aliphatic heterocycles. The largest absolute Gasteiger partial charge is 0.508 e. The van der Waals surface area contributed by atoms with Crippen LogP contribution in [0.2, 0.25) is 0 Å². The number of phenols is 1. The van der Waals surface area contributed by atoms with E-state index in [4.69, 9.17) is 9.26 Å². The second-order valence-corrected chi connectivity index (χ2v) is 5.58. The minimum atomic E-state index is -0.421. The molecular weight excluding hydrogens is 268 g/mol. The van der Waals surface area contributed by atoms with E-state index in [1.165, 1.54) is 12.8 Å². The third-order valence-electron chi connectivity index (χ3n) is 4.25. The Morgan fingerprint density at radius 3 is 2.38 bits per heavy atom. The van der Waals surface area contributed by atoms with Crippen LogP contribution in [0.4, 0.5) is 0 Å². The van der Waals surface area contributed by atoms with Crippen molar-refractivity contribution in [2.45, 2.75) is 44.1 Å². The van der Waals surface area contributed by atoms with Crippen LogP contribution in [0.5, 0.6) is 5.75 Å². The summed E-state index contributed by atoms with van der Waals surface area (Å²) in [4.78, 5) is 4.53. The van der Waals surface area contributed by atoms with Crippen LogP contribution in [-0.2, 0) is 10.3 Å². The lowest BCUT2D eigenvalue weighted by molar-refractivity contribution is -0.0365. The molecule has 1 N–H and O–H groups in total. The van der Waals surface area contributed by atoms with Gasteiger partial charge in [-0.3, -0.25) is 0 Å². The third kappa shape index (κ3) is 2.78. The maximum atomic E-state index is 9.34. The Labute approximate surface area is 123 Å². The van der Waals surface area contributed by atoms with Gasteiger partial charge in [-0.25, -0.2) is 0 Å². The van der Waals surface area contributed by atoms with Crippen LogP contribution in [-0.4, -0.2) is 22.4 Å². The predicted octanol–water partition coefficient (Wildman–Crippen LogP) is 3.64. The van der Waals surface area contributed by atoms with Crippen molar-refractivity contribution in [1.82, 2.24) is 10.1 Å². The van der Waals surface area contributed by atoms with Crippen molar-refractivity contribution in [2.24, 2.45) is 0 Å². The van der Waals surface area contributed by atoms with Gasteiger partial charge in [-0.15, -0.1) is 0 Å². The molecule has 0 saturated heterocycles. The lowest BCUT2D eigenvalue weighted by atomic mass is 9.93. The van der Waals surface area contributed by atoms with Crippen LogP contribution >= 0.6 is 0 Å². The lowest BCUT2D eigenvalue weighted by Gasteiger charge is -2.27. The Kier molecular flexibility index (Phi) is 3.92. The summed E-state index contributed by atoms with van der Waals surface area (Å²) in [6.45, 7) is 0. The van der Waals surface area contributed by atoms with Crippen LogP contribution in [0.25, 0.3) is 11.5 Å². The van der Waals surface area contributed by atoms with Crippen LogP contribution < -0.4 is 0 Å². The smallest absolute Gasteiger partial charge is 0.258 e. The number of hydrogen-bond donors (Lipinski definition) is 1. The fraction of sp³-hybridized carbons (Fsp3) is 0.500. The molecule has 0 unspecified atom stereocenters. The summed E-state index contributed by atoms with van der Waals surface area (Å²) in [5, 5.41) is 13.5. The average Bonchev–Trinajstić information content (AvgIpc) is 2.88. The minimum Gasteiger partial charge on any atom is -0.508 e. The molecule has 3 rings (SSSR count). The fourth-order valence-corrected chi connectivity index (χ4v) is 2.95. The zero-order valence-electron chi connectivity index (χ0n) is 12.2. The molecule has 1 aliphatic rings. The first kappa shape index (κ1) is 14.1. The Bertz CT molecular complexity index is 584. The molecule has 2 aromatic rings. The molecule has 1 fully saturated rings. The highest BCUT2D eigenvalue weighted by Crippen LogP contribution is 2.38. The molecule has 5 heteroatoms. The minimum absolute atomic E-state index is 0.218. The lowest BCUT2D eigenvalue weighted by Crippen LogP contribution is -2.29. The highest BCUT2D eigenvalue weighted by molar-refractivity contribution is 5.54. The summed E-state index contributed by atoms with van der Waals surface area (Å²) in [5.41, 5.74) is 0.376. The predicted molar refractivity (Wildman–Crippen MR) is 77.8 cm³/mol. The molecule has 21 heavy (non-hydrogen) atoms. The van der Waals surface area contributed by atoms with E-state index in [-0.39, 0.29) is 5.75 Å². The van der Waals surface area contributed by atoms with Crippen LogP contribution in [0.15, 0.2) is 28.8 Å². The molecule has 1 aliphatic carbocycles. The maximum Gasteiger partial charge on any atom is 0.258 e. The van der Waals surface area contributed by atoms with Crippen LogP contribution in [0, 0.1) is 0 Å². The molecule has 112 valence electrons. The number of methoxy groups -OCH3 is 1. The first-order valence-corrected chi connectivity index (χ1v) is 7.42. The molecule has 0 amide bonds. The molecule has 5 nitrogen and oxygen atoms in total. The van der Waals surface area contributed by atoms with Gasteiger partial charge in [-0.2, -0.15) is 4.98 Å². The topological polar surface area (TPSA) is 68.4 Å².